The van der Waals surface area contributed by atoms with Gasteiger partial charge >= 0.3 is 39.5 Å². The molecular formula is C62H120O17P2. The maximum atomic E-state index is 13.0. The van der Waals surface area contributed by atoms with Gasteiger partial charge < -0.3 is 33.8 Å². The number of unbranched alkanes of at least 4 members (excludes halogenated alkanes) is 29. The highest BCUT2D eigenvalue weighted by atomic mass is 31.2. The van der Waals surface area contributed by atoms with E-state index in [2.05, 4.69) is 41.5 Å². The second-order valence-electron chi connectivity index (χ2n) is 22.9. The van der Waals surface area contributed by atoms with Crippen LogP contribution >= 0.6 is 15.6 Å². The van der Waals surface area contributed by atoms with Crippen LogP contribution in [0, 0.1) is 11.8 Å². The minimum Gasteiger partial charge on any atom is -0.462 e. The van der Waals surface area contributed by atoms with Gasteiger partial charge in [-0.2, -0.15) is 0 Å². The minimum atomic E-state index is -4.94. The summed E-state index contributed by atoms with van der Waals surface area (Å²) in [6.45, 7) is 9.38. The van der Waals surface area contributed by atoms with E-state index in [1.807, 2.05) is 0 Å². The molecule has 0 aliphatic rings. The number of aliphatic hydroxyl groups is 1. The van der Waals surface area contributed by atoms with Crippen LogP contribution in [0.1, 0.15) is 305 Å². The summed E-state index contributed by atoms with van der Waals surface area (Å²) in [7, 11) is -9.87. The molecule has 0 aliphatic carbocycles. The van der Waals surface area contributed by atoms with E-state index in [0.717, 1.165) is 121 Å². The second-order valence-corrected chi connectivity index (χ2v) is 25.8. The van der Waals surface area contributed by atoms with E-state index in [1.165, 1.54) is 103 Å². The van der Waals surface area contributed by atoms with Crippen molar-refractivity contribution in [3.8, 4) is 0 Å². The van der Waals surface area contributed by atoms with Gasteiger partial charge in [-0.05, 0) is 37.5 Å². The number of phosphoric ester groups is 2. The Balaban J connectivity index is 5.13. The molecule has 0 amide bonds. The van der Waals surface area contributed by atoms with Crippen molar-refractivity contribution in [1.29, 1.82) is 0 Å². The van der Waals surface area contributed by atoms with Gasteiger partial charge in [-0.15, -0.1) is 0 Å². The average molecular weight is 1200 g/mol. The number of phosphoric acid groups is 2. The summed E-state index contributed by atoms with van der Waals surface area (Å²) in [5.41, 5.74) is 0. The molecule has 0 aromatic heterocycles. The topological polar surface area (TPSA) is 237 Å². The van der Waals surface area contributed by atoms with Crippen LogP contribution in [0.3, 0.4) is 0 Å². The molecule has 81 heavy (non-hydrogen) atoms. The van der Waals surface area contributed by atoms with Gasteiger partial charge in [0, 0.05) is 25.7 Å². The summed E-state index contributed by atoms with van der Waals surface area (Å²) in [6.07, 6.45) is 36.6. The van der Waals surface area contributed by atoms with Crippen LogP contribution in [-0.2, 0) is 65.4 Å². The Hall–Kier alpha value is -1.94. The molecule has 0 aliphatic heterocycles. The minimum absolute atomic E-state index is 0.104. The first-order chi connectivity index (χ1) is 38.9. The Kier molecular flexibility index (Phi) is 53.4. The van der Waals surface area contributed by atoms with Gasteiger partial charge in [0.25, 0.3) is 0 Å². The molecular weight excluding hydrogens is 1080 g/mol. The lowest BCUT2D eigenvalue weighted by Gasteiger charge is -2.21. The molecule has 0 heterocycles. The number of esters is 4. The molecule has 19 heteroatoms. The SMILES string of the molecule is CCCCCCCCCCC(=O)O[C@H](COC(=O)CCCCCCC)COP(=O)(O)OC[C@H](O)COP(=O)(O)OC[C@@H](COC(=O)CCCCCCCCC(C)CC)OC(=O)CCCCCCCCCCCCCCCCC(C)CC. The van der Waals surface area contributed by atoms with Crippen LogP contribution in [0.4, 0.5) is 0 Å². The lowest BCUT2D eigenvalue weighted by molar-refractivity contribution is -0.161. The average Bonchev–Trinajstić information content (AvgIpc) is 3.44. The number of aliphatic hydroxyl groups excluding tert-OH is 1. The summed E-state index contributed by atoms with van der Waals surface area (Å²) >= 11 is 0. The molecule has 0 rings (SSSR count). The standard InChI is InChI=1S/C62H120O17P2/c1-7-11-13-15-16-26-34-40-46-61(66)78-57(50-72-59(64)44-38-30-14-12-8-2)52-76-80(68,69)74-48-56(63)49-75-81(70,71)77-53-58(51-73-60(65)45-39-33-29-28-32-37-43-55(6)10-4)79-62(67)47-41-35-27-24-22-20-18-17-19-21-23-25-31-36-42-54(5)9-3/h54-58,63H,7-53H2,1-6H3,(H,68,69)(H,70,71)/t54?,55?,56-,57+,58+/m0/s1. The summed E-state index contributed by atoms with van der Waals surface area (Å²) in [5, 5.41) is 10.5. The van der Waals surface area contributed by atoms with Crippen molar-refractivity contribution in [2.24, 2.45) is 11.8 Å². The predicted octanol–water partition coefficient (Wildman–Crippen LogP) is 16.9. The summed E-state index contributed by atoms with van der Waals surface area (Å²) in [5.74, 6) is -0.574. The molecule has 0 aromatic rings. The molecule has 0 aromatic carbocycles. The lowest BCUT2D eigenvalue weighted by atomic mass is 9.99. The van der Waals surface area contributed by atoms with Crippen molar-refractivity contribution >= 4 is 39.5 Å². The molecule has 3 N–H and O–H groups in total. The number of carbonyl (C=O) groups excluding carboxylic acids is 4. The zero-order valence-electron chi connectivity index (χ0n) is 52.1. The van der Waals surface area contributed by atoms with Crippen LogP contribution in [0.15, 0.2) is 0 Å². The van der Waals surface area contributed by atoms with Crippen molar-refractivity contribution < 1.29 is 80.2 Å². The van der Waals surface area contributed by atoms with Crippen LogP contribution < -0.4 is 0 Å². The molecule has 0 fully saturated rings. The van der Waals surface area contributed by atoms with Crippen LogP contribution in [-0.4, -0.2) is 96.7 Å². The monoisotopic (exact) mass is 1200 g/mol. The van der Waals surface area contributed by atoms with Gasteiger partial charge in [0.15, 0.2) is 12.2 Å². The van der Waals surface area contributed by atoms with E-state index in [0.29, 0.717) is 25.7 Å². The summed E-state index contributed by atoms with van der Waals surface area (Å²) < 4.78 is 67.6. The first kappa shape index (κ1) is 79.1. The Morgan fingerprint density at radius 3 is 0.877 bits per heavy atom. The first-order valence-corrected chi connectivity index (χ1v) is 35.6. The zero-order chi connectivity index (χ0) is 60.1. The van der Waals surface area contributed by atoms with E-state index in [4.69, 9.17) is 37.0 Å². The van der Waals surface area contributed by atoms with Crippen LogP contribution in [0.5, 0.6) is 0 Å². The Labute approximate surface area is 492 Å². The first-order valence-electron chi connectivity index (χ1n) is 32.6. The van der Waals surface area contributed by atoms with Gasteiger partial charge in [-0.3, -0.25) is 37.3 Å². The van der Waals surface area contributed by atoms with Crippen molar-refractivity contribution in [2.75, 3.05) is 39.6 Å². The van der Waals surface area contributed by atoms with Crippen LogP contribution in [0.25, 0.3) is 0 Å². The molecule has 0 saturated carbocycles. The highest BCUT2D eigenvalue weighted by Gasteiger charge is 2.30. The third-order valence-corrected chi connectivity index (χ3v) is 16.8. The van der Waals surface area contributed by atoms with Gasteiger partial charge in [0.05, 0.1) is 26.4 Å². The highest BCUT2D eigenvalue weighted by Crippen LogP contribution is 2.45. The zero-order valence-corrected chi connectivity index (χ0v) is 53.9. The maximum Gasteiger partial charge on any atom is 0.472 e. The molecule has 0 radical (unpaired) electrons. The number of hydrogen-bond donors (Lipinski definition) is 3. The molecule has 17 nitrogen and oxygen atoms in total. The van der Waals surface area contributed by atoms with Crippen molar-refractivity contribution in [3.05, 3.63) is 0 Å². The predicted molar refractivity (Wildman–Crippen MR) is 321 cm³/mol. The fourth-order valence-corrected chi connectivity index (χ4v) is 10.7. The molecule has 0 spiro atoms. The van der Waals surface area contributed by atoms with E-state index in [-0.39, 0.29) is 25.7 Å². The normalized spacial score (nSPS) is 15.0. The van der Waals surface area contributed by atoms with E-state index in [9.17, 15) is 43.2 Å². The number of ether oxygens (including phenoxy) is 4. The lowest BCUT2D eigenvalue weighted by Crippen LogP contribution is -2.30. The van der Waals surface area contributed by atoms with Gasteiger partial charge in [0.2, 0.25) is 0 Å². The summed E-state index contributed by atoms with van der Waals surface area (Å²) in [4.78, 5) is 71.8. The molecule has 4 unspecified atom stereocenters. The number of carbonyl (C=O) groups is 4. The maximum absolute atomic E-state index is 13.0. The Bertz CT molecular complexity index is 1600. The van der Waals surface area contributed by atoms with Gasteiger partial charge in [-0.1, -0.05) is 253 Å². The fraction of sp³-hybridized carbons (Fsp3) is 0.935. The highest BCUT2D eigenvalue weighted by molar-refractivity contribution is 7.47. The molecule has 0 saturated heterocycles. The van der Waals surface area contributed by atoms with Crippen molar-refractivity contribution in [1.82, 2.24) is 0 Å². The molecule has 0 bridgehead atoms. The Morgan fingerprint density at radius 1 is 0.346 bits per heavy atom. The van der Waals surface area contributed by atoms with Crippen LogP contribution in [0.2, 0.25) is 0 Å². The molecule has 480 valence electrons. The van der Waals surface area contributed by atoms with Crippen molar-refractivity contribution in [3.63, 3.8) is 0 Å². The third kappa shape index (κ3) is 54.5. The quantitative estimate of drug-likeness (QED) is 0.0222. The fourth-order valence-electron chi connectivity index (χ4n) is 9.11. The van der Waals surface area contributed by atoms with Gasteiger partial charge in [-0.25, -0.2) is 9.13 Å². The third-order valence-electron chi connectivity index (χ3n) is 14.9. The second kappa shape index (κ2) is 54.7. The summed E-state index contributed by atoms with van der Waals surface area (Å²) in [6, 6.07) is 0. The molecule has 7 atom stereocenters. The van der Waals surface area contributed by atoms with Crippen molar-refractivity contribution in [2.45, 2.75) is 323 Å². The smallest absolute Gasteiger partial charge is 0.462 e. The van der Waals surface area contributed by atoms with E-state index < -0.39 is 97.5 Å². The Morgan fingerprint density at radius 2 is 0.593 bits per heavy atom. The van der Waals surface area contributed by atoms with E-state index >= 15 is 0 Å². The van der Waals surface area contributed by atoms with E-state index in [1.54, 1.807) is 0 Å². The van der Waals surface area contributed by atoms with Gasteiger partial charge in [0.1, 0.15) is 19.3 Å². The largest absolute Gasteiger partial charge is 0.472 e. The number of hydrogen-bond acceptors (Lipinski definition) is 15. The number of rotatable bonds is 61.